The molecule has 0 amide bonds. The van der Waals surface area contributed by atoms with E-state index in [2.05, 4.69) is 5.32 Å². The number of aliphatic hydroxyl groups is 1. The number of hydrogen-bond donors (Lipinski definition) is 3. The highest BCUT2D eigenvalue weighted by molar-refractivity contribution is 5.52. The van der Waals surface area contributed by atoms with E-state index >= 15 is 0 Å². The van der Waals surface area contributed by atoms with E-state index in [-0.39, 0.29) is 17.8 Å². The topological polar surface area (TPSA) is 71.0 Å². The minimum absolute atomic E-state index is 0.00411. The van der Waals surface area contributed by atoms with E-state index in [9.17, 15) is 10.2 Å². The molecule has 0 aliphatic carbocycles. The highest BCUT2D eigenvalue weighted by Gasteiger charge is 2.16. The van der Waals surface area contributed by atoms with Gasteiger partial charge in [-0.1, -0.05) is 13.8 Å². The van der Waals surface area contributed by atoms with Crippen molar-refractivity contribution in [2.45, 2.75) is 20.4 Å². The highest BCUT2D eigenvalue weighted by atomic mass is 16.5. The van der Waals surface area contributed by atoms with E-state index in [4.69, 9.17) is 9.47 Å². The molecule has 1 aromatic rings. The third kappa shape index (κ3) is 4.29. The molecule has 0 aliphatic rings. The number of nitrogens with one attached hydrogen (secondary N) is 1. The third-order valence-electron chi connectivity index (χ3n) is 2.90. The van der Waals surface area contributed by atoms with E-state index in [0.29, 0.717) is 24.6 Å². The number of aliphatic hydroxyl groups excluding tert-OH is 1. The van der Waals surface area contributed by atoms with Crippen LogP contribution in [0.1, 0.15) is 19.4 Å². The average Bonchev–Trinajstić information content (AvgIpc) is 2.40. The van der Waals surface area contributed by atoms with Crippen molar-refractivity contribution in [3.8, 4) is 17.2 Å². The van der Waals surface area contributed by atoms with Crippen molar-refractivity contribution in [3.63, 3.8) is 0 Å². The molecule has 1 rings (SSSR count). The van der Waals surface area contributed by atoms with Crippen LogP contribution in [-0.2, 0) is 6.54 Å². The average molecular weight is 269 g/mol. The zero-order valence-corrected chi connectivity index (χ0v) is 12.0. The van der Waals surface area contributed by atoms with Gasteiger partial charge in [0.05, 0.1) is 14.2 Å². The normalized spacial score (nSPS) is 11.4. The van der Waals surface area contributed by atoms with Gasteiger partial charge in [-0.05, 0) is 17.7 Å². The first kappa shape index (κ1) is 15.6. The van der Waals surface area contributed by atoms with Crippen LogP contribution in [0.3, 0.4) is 0 Å². The van der Waals surface area contributed by atoms with Gasteiger partial charge in [0.2, 0.25) is 5.75 Å². The summed E-state index contributed by atoms with van der Waals surface area (Å²) in [6.45, 7) is 5.39. The molecule has 19 heavy (non-hydrogen) atoms. The molecule has 0 heterocycles. The fourth-order valence-corrected chi connectivity index (χ4v) is 1.65. The van der Waals surface area contributed by atoms with Crippen molar-refractivity contribution < 1.29 is 19.7 Å². The molecular weight excluding hydrogens is 246 g/mol. The molecule has 5 heteroatoms. The number of rotatable bonds is 7. The van der Waals surface area contributed by atoms with E-state index in [1.54, 1.807) is 12.1 Å². The Kier molecular flexibility index (Phi) is 5.44. The minimum atomic E-state index is -0.162. The lowest BCUT2D eigenvalue weighted by Gasteiger charge is -2.22. The summed E-state index contributed by atoms with van der Waals surface area (Å²) in [4.78, 5) is 0. The molecule has 0 bridgehead atoms. The first-order valence-corrected chi connectivity index (χ1v) is 6.19. The van der Waals surface area contributed by atoms with Crippen LogP contribution in [0.2, 0.25) is 0 Å². The highest BCUT2D eigenvalue weighted by Crippen LogP contribution is 2.37. The summed E-state index contributed by atoms with van der Waals surface area (Å²) in [6.07, 6.45) is 0. The van der Waals surface area contributed by atoms with Gasteiger partial charge in [-0.25, -0.2) is 0 Å². The monoisotopic (exact) mass is 269 g/mol. The van der Waals surface area contributed by atoms with Crippen LogP contribution >= 0.6 is 0 Å². The van der Waals surface area contributed by atoms with E-state index in [0.717, 1.165) is 5.56 Å². The molecule has 0 aliphatic heterocycles. The molecule has 0 unspecified atom stereocenters. The van der Waals surface area contributed by atoms with Crippen LogP contribution in [0.5, 0.6) is 17.2 Å². The van der Waals surface area contributed by atoms with Gasteiger partial charge < -0.3 is 25.0 Å². The lowest BCUT2D eigenvalue weighted by atomic mass is 9.95. The van der Waals surface area contributed by atoms with Crippen LogP contribution in [0, 0.1) is 5.41 Å². The second-order valence-electron chi connectivity index (χ2n) is 5.27. The van der Waals surface area contributed by atoms with Gasteiger partial charge >= 0.3 is 0 Å². The predicted octanol–water partition coefficient (Wildman–Crippen LogP) is 1.52. The Labute approximate surface area is 114 Å². The largest absolute Gasteiger partial charge is 0.502 e. The van der Waals surface area contributed by atoms with Crippen molar-refractivity contribution in [1.82, 2.24) is 5.32 Å². The van der Waals surface area contributed by atoms with Crippen molar-refractivity contribution in [1.29, 1.82) is 0 Å². The summed E-state index contributed by atoms with van der Waals surface area (Å²) in [5.74, 6) is 0.777. The van der Waals surface area contributed by atoms with Gasteiger partial charge in [-0.15, -0.1) is 0 Å². The van der Waals surface area contributed by atoms with Crippen molar-refractivity contribution in [2.24, 2.45) is 5.41 Å². The Balaban J connectivity index is 2.74. The molecule has 0 saturated carbocycles. The maximum atomic E-state index is 9.80. The van der Waals surface area contributed by atoms with Gasteiger partial charge in [-0.2, -0.15) is 0 Å². The molecule has 1 aromatic carbocycles. The number of phenolic OH excluding ortho intramolecular Hbond substituents is 1. The third-order valence-corrected chi connectivity index (χ3v) is 2.90. The van der Waals surface area contributed by atoms with Crippen molar-refractivity contribution in [3.05, 3.63) is 17.7 Å². The standard InChI is InChI=1S/C14H23NO4/c1-14(2,9-16)8-15-7-10-5-11(18-3)13(17)12(6-10)19-4/h5-6,15-17H,7-9H2,1-4H3. The number of phenols is 1. The Morgan fingerprint density at radius 1 is 1.16 bits per heavy atom. The Morgan fingerprint density at radius 2 is 1.68 bits per heavy atom. The minimum Gasteiger partial charge on any atom is -0.502 e. The van der Waals surface area contributed by atoms with Crippen LogP contribution in [0.15, 0.2) is 12.1 Å². The molecule has 5 nitrogen and oxygen atoms in total. The predicted molar refractivity (Wildman–Crippen MR) is 73.8 cm³/mol. The molecule has 0 saturated heterocycles. The Morgan fingerprint density at radius 3 is 2.11 bits per heavy atom. The molecule has 0 fully saturated rings. The van der Waals surface area contributed by atoms with Crippen LogP contribution < -0.4 is 14.8 Å². The SMILES string of the molecule is COc1cc(CNCC(C)(C)CO)cc(OC)c1O. The lowest BCUT2D eigenvalue weighted by Crippen LogP contribution is -2.31. The molecular formula is C14H23NO4. The maximum absolute atomic E-state index is 9.80. The number of hydrogen-bond acceptors (Lipinski definition) is 5. The molecule has 3 N–H and O–H groups in total. The fraction of sp³-hybridized carbons (Fsp3) is 0.571. The second kappa shape index (κ2) is 6.63. The number of methoxy groups -OCH3 is 2. The van der Waals surface area contributed by atoms with E-state index < -0.39 is 0 Å². The smallest absolute Gasteiger partial charge is 0.200 e. The van der Waals surface area contributed by atoms with Gasteiger partial charge in [0.1, 0.15) is 0 Å². The number of aromatic hydroxyl groups is 1. The van der Waals surface area contributed by atoms with Crippen LogP contribution in [-0.4, -0.2) is 37.6 Å². The number of benzene rings is 1. The quantitative estimate of drug-likeness (QED) is 0.700. The van der Waals surface area contributed by atoms with Gasteiger partial charge in [-0.3, -0.25) is 0 Å². The zero-order chi connectivity index (χ0) is 14.5. The zero-order valence-electron chi connectivity index (χ0n) is 12.0. The van der Waals surface area contributed by atoms with Crippen LogP contribution in [0.4, 0.5) is 0 Å². The first-order valence-electron chi connectivity index (χ1n) is 6.19. The van der Waals surface area contributed by atoms with Crippen LogP contribution in [0.25, 0.3) is 0 Å². The molecule has 0 radical (unpaired) electrons. The summed E-state index contributed by atoms with van der Waals surface area (Å²) in [7, 11) is 3.00. The molecule has 0 atom stereocenters. The van der Waals surface area contributed by atoms with Gasteiger partial charge in [0.25, 0.3) is 0 Å². The van der Waals surface area contributed by atoms with E-state index in [1.165, 1.54) is 14.2 Å². The Hall–Kier alpha value is -1.46. The fourth-order valence-electron chi connectivity index (χ4n) is 1.65. The first-order chi connectivity index (χ1) is 8.93. The summed E-state index contributed by atoms with van der Waals surface area (Å²) in [5, 5.41) is 22.2. The number of ether oxygens (including phenoxy) is 2. The molecule has 0 aromatic heterocycles. The summed E-state index contributed by atoms with van der Waals surface area (Å²) < 4.78 is 10.2. The van der Waals surface area contributed by atoms with Gasteiger partial charge in [0.15, 0.2) is 11.5 Å². The summed E-state index contributed by atoms with van der Waals surface area (Å²) in [5.41, 5.74) is 0.783. The maximum Gasteiger partial charge on any atom is 0.200 e. The second-order valence-corrected chi connectivity index (χ2v) is 5.27. The Bertz CT molecular complexity index is 393. The van der Waals surface area contributed by atoms with Gasteiger partial charge in [0, 0.05) is 25.1 Å². The van der Waals surface area contributed by atoms with Crippen molar-refractivity contribution >= 4 is 0 Å². The molecule has 108 valence electrons. The lowest BCUT2D eigenvalue weighted by molar-refractivity contribution is 0.156. The summed E-state index contributed by atoms with van der Waals surface area (Å²) in [6, 6.07) is 3.52. The van der Waals surface area contributed by atoms with E-state index in [1.807, 2.05) is 13.8 Å². The summed E-state index contributed by atoms with van der Waals surface area (Å²) >= 11 is 0. The molecule has 0 spiro atoms. The van der Waals surface area contributed by atoms with Crippen molar-refractivity contribution in [2.75, 3.05) is 27.4 Å².